The van der Waals surface area contributed by atoms with Crippen LogP contribution in [0.2, 0.25) is 10.0 Å². The van der Waals surface area contributed by atoms with Crippen molar-refractivity contribution < 1.29 is 78.5 Å². The third kappa shape index (κ3) is 22.7. The molecule has 0 saturated carbocycles. The summed E-state index contributed by atoms with van der Waals surface area (Å²) in [5.74, 6) is 5.53. The number of rotatable bonds is 19. The summed E-state index contributed by atoms with van der Waals surface area (Å²) in [4.78, 5) is 86.1. The molecule has 5 aromatic rings. The number of nitrogens with one attached hydrogen (secondary N) is 4. The van der Waals surface area contributed by atoms with Gasteiger partial charge in [-0.05, 0) is 91.9 Å². The highest BCUT2D eigenvalue weighted by Gasteiger charge is 2.36. The first kappa shape index (κ1) is 74.8. The summed E-state index contributed by atoms with van der Waals surface area (Å²) in [6.07, 6.45) is -8.66. The van der Waals surface area contributed by atoms with E-state index in [9.17, 15) is 63.9 Å². The van der Waals surface area contributed by atoms with E-state index >= 15 is 0 Å². The number of hydrazine groups is 1. The molecule has 11 N–H and O–H groups in total. The second-order valence-electron chi connectivity index (χ2n) is 17.0. The van der Waals surface area contributed by atoms with Crippen LogP contribution in [-0.2, 0) is 34.9 Å². The van der Waals surface area contributed by atoms with Gasteiger partial charge in [0, 0.05) is 53.2 Å². The summed E-state index contributed by atoms with van der Waals surface area (Å²) in [5, 5.41) is 16.4. The Hall–Kier alpha value is -7.26. The normalized spacial score (nSPS) is 12.0. The van der Waals surface area contributed by atoms with E-state index in [0.717, 1.165) is 36.3 Å². The zero-order valence-corrected chi connectivity index (χ0v) is 48.4. The Labute approximate surface area is 500 Å². The lowest BCUT2D eigenvalue weighted by molar-refractivity contribution is -0.138. The molecule has 0 unspecified atom stereocenters. The smallest absolute Gasteiger partial charge is 0.417 e. The van der Waals surface area contributed by atoms with Crippen molar-refractivity contribution in [3.63, 3.8) is 0 Å². The molecule has 84 heavy (non-hydrogen) atoms. The van der Waals surface area contributed by atoms with Gasteiger partial charge in [0.05, 0.1) is 44.4 Å². The third-order valence-corrected chi connectivity index (χ3v) is 12.5. The molecule has 3 heterocycles. The first-order chi connectivity index (χ1) is 38.9. The Morgan fingerprint density at radius 1 is 0.631 bits per heavy atom. The number of nitrogens with zero attached hydrogens (tertiary/aromatic N) is 5. The minimum absolute atomic E-state index is 0. The number of carbonyl (C=O) groups is 6. The van der Waals surface area contributed by atoms with Crippen LogP contribution < -0.4 is 38.7 Å². The third-order valence-electron chi connectivity index (χ3n) is 11.7. The number of benzene rings is 3. The van der Waals surface area contributed by atoms with Gasteiger partial charge >= 0.3 is 36.6 Å². The van der Waals surface area contributed by atoms with Gasteiger partial charge < -0.3 is 40.7 Å². The average Bonchev–Trinajstić information content (AvgIpc) is 3.89. The molecule has 3 aromatic carbocycles. The van der Waals surface area contributed by atoms with Crippen molar-refractivity contribution in [1.82, 2.24) is 35.3 Å². The van der Waals surface area contributed by atoms with Crippen LogP contribution in [0.15, 0.2) is 97.3 Å². The van der Waals surface area contributed by atoms with Crippen LogP contribution in [0.4, 0.5) is 65.9 Å². The number of alkyl halides is 6. The predicted molar refractivity (Wildman–Crippen MR) is 305 cm³/mol. The molecule has 21 nitrogen and oxygen atoms in total. The number of halogens is 10. The molecule has 6 rings (SSSR count). The zero-order chi connectivity index (χ0) is 61.3. The number of hydrogen-bond acceptors (Lipinski definition) is 14. The van der Waals surface area contributed by atoms with Gasteiger partial charge in [-0.1, -0.05) is 59.6 Å². The summed E-state index contributed by atoms with van der Waals surface area (Å²) in [5.41, 5.74) is 4.89. The molecule has 462 valence electrons. The van der Waals surface area contributed by atoms with E-state index in [1.165, 1.54) is 54.2 Å². The van der Waals surface area contributed by atoms with Crippen LogP contribution in [-0.4, -0.2) is 125 Å². The summed E-state index contributed by atoms with van der Waals surface area (Å²) >= 11 is 11.9. The van der Waals surface area contributed by atoms with Crippen molar-refractivity contribution in [2.45, 2.75) is 63.2 Å². The standard InChI is InChI=1S/C29H26ClF4N5O5.C21H24ClF4N5O3.CH4O.H4N2.2H2S/c1-38(27(42)36-14-17-6-4-10-22(31)24(17)30)19(7-5-13-39-25(40)20-8-2-3-9-21(20)26(39)41)16-44-28(43)37-23-12-11-18(15-35-23)29(32,33)34;1-31(19(32)29-10-13-4-2-6-16(23)18(13)22)15(5-3-9-27)12-34-20(33)30-17-8-7-14(11-28-17)21(24,25)26;2*1-2;;/h2-4,6,8-12,15,19H,5,7,13-14,16H2,1H3,(H,36,42)(H,35,37,43);2,4,6-8,11,15H,3,5,9-10,12,27H2,1H3,(H,29,32)(H,28,30,33);2H,1H3;1-2H2;2*1H2/t19-;15-;;;;/m00..../s1. The van der Waals surface area contributed by atoms with Gasteiger partial charge in [0.15, 0.2) is 0 Å². The molecule has 0 aliphatic carbocycles. The van der Waals surface area contributed by atoms with Crippen LogP contribution in [0.1, 0.15) is 68.7 Å². The van der Waals surface area contributed by atoms with Crippen molar-refractivity contribution in [2.75, 3.05) is 58.1 Å². The van der Waals surface area contributed by atoms with Gasteiger partial charge in [0.25, 0.3) is 11.8 Å². The van der Waals surface area contributed by atoms with Crippen LogP contribution in [0.3, 0.4) is 0 Å². The SMILES string of the molecule is CN(C(=O)NCc1cccc(F)c1Cl)[C@@H](CCCN)COC(=O)Nc1ccc(C(F)(F)F)cn1.CN(C(=O)NCc1cccc(F)c1Cl)[C@@H](CCCN1C(=O)c2ccccc2C1=O)COC(=O)Nc1ccc(C(F)(F)F)cn1.CO.NN.S.S. The Bertz CT molecular complexity index is 2900. The highest BCUT2D eigenvalue weighted by atomic mass is 35.5. The molecule has 33 heteroatoms. The Morgan fingerprint density at radius 2 is 1.01 bits per heavy atom. The average molecular weight is 1270 g/mol. The summed E-state index contributed by atoms with van der Waals surface area (Å²) in [6, 6.07) is 15.8. The van der Waals surface area contributed by atoms with E-state index in [-0.39, 0.29) is 94.4 Å². The number of anilines is 2. The largest absolute Gasteiger partial charge is 0.447 e. The molecule has 0 spiro atoms. The van der Waals surface area contributed by atoms with Gasteiger partial charge in [0.2, 0.25) is 0 Å². The molecule has 0 radical (unpaired) electrons. The monoisotopic (exact) mass is 1270 g/mol. The van der Waals surface area contributed by atoms with E-state index in [1.54, 1.807) is 30.3 Å². The van der Waals surface area contributed by atoms with Crippen molar-refractivity contribution >= 4 is 97.9 Å². The topological polar surface area (TPSA) is 303 Å². The quantitative estimate of drug-likeness (QED) is 0.0166. The molecule has 2 atom stereocenters. The highest BCUT2D eigenvalue weighted by Crippen LogP contribution is 2.30. The van der Waals surface area contributed by atoms with Crippen LogP contribution in [0.5, 0.6) is 0 Å². The van der Waals surface area contributed by atoms with Crippen molar-refractivity contribution in [3.8, 4) is 0 Å². The Morgan fingerprint density at radius 3 is 1.36 bits per heavy atom. The molecular weight excluding hydrogens is 1210 g/mol. The molecule has 1 aliphatic rings. The number of carbonyl (C=O) groups excluding carboxylic acids is 6. The van der Waals surface area contributed by atoms with E-state index < -0.39 is 83.3 Å². The van der Waals surface area contributed by atoms with Gasteiger partial charge in [-0.15, -0.1) is 0 Å². The van der Waals surface area contributed by atoms with E-state index in [0.29, 0.717) is 54.0 Å². The number of aliphatic hydroxyl groups is 1. The highest BCUT2D eigenvalue weighted by molar-refractivity contribution is 7.59. The van der Waals surface area contributed by atoms with Crippen LogP contribution >= 0.6 is 50.2 Å². The van der Waals surface area contributed by atoms with Crippen LogP contribution in [0.25, 0.3) is 0 Å². The number of amides is 8. The second-order valence-corrected chi connectivity index (χ2v) is 17.7. The Kier molecular flexibility index (Phi) is 32.4. The maximum Gasteiger partial charge on any atom is 0.417 e. The lowest BCUT2D eigenvalue weighted by Gasteiger charge is -2.28. The molecule has 2 aromatic heterocycles. The second kappa shape index (κ2) is 36.4. The molecule has 1 aliphatic heterocycles. The number of fused-ring (bicyclic) bond motifs is 1. The fraction of sp³-hybridized carbons (Fsp3) is 0.333. The maximum atomic E-state index is 13.8. The molecule has 8 amide bonds. The van der Waals surface area contributed by atoms with E-state index in [2.05, 4.69) is 42.9 Å². The number of ether oxygens (including phenoxy) is 2. The van der Waals surface area contributed by atoms with E-state index in [4.69, 9.17) is 43.5 Å². The lowest BCUT2D eigenvalue weighted by atomic mass is 10.1. The molecular formula is C51H62Cl2F8N12O9S2. The number of aromatic nitrogens is 2. The minimum atomic E-state index is -4.60. The van der Waals surface area contributed by atoms with Crippen molar-refractivity contribution in [3.05, 3.63) is 152 Å². The van der Waals surface area contributed by atoms with Crippen LogP contribution in [0, 0.1) is 11.6 Å². The number of pyridine rings is 2. The first-order valence-electron chi connectivity index (χ1n) is 24.1. The van der Waals surface area contributed by atoms with E-state index in [1.807, 2.05) is 0 Å². The number of imide groups is 1. The van der Waals surface area contributed by atoms with Gasteiger partial charge in [-0.25, -0.2) is 37.9 Å². The number of likely N-dealkylation sites (N-methyl/N-ethyl adjacent to an activating group) is 2. The van der Waals surface area contributed by atoms with Gasteiger partial charge in [-0.2, -0.15) is 53.3 Å². The summed E-state index contributed by atoms with van der Waals surface area (Å²) in [7, 11) is 3.91. The Balaban J connectivity index is 0.000000798. The van der Waals surface area contributed by atoms with Gasteiger partial charge in [0.1, 0.15) is 36.5 Å². The predicted octanol–water partition coefficient (Wildman–Crippen LogP) is 8.77. The fourth-order valence-electron chi connectivity index (χ4n) is 7.25. The number of nitrogens with two attached hydrogens (primary N) is 3. The molecule has 0 saturated heterocycles. The molecule has 0 fully saturated rings. The van der Waals surface area contributed by atoms with Gasteiger partial charge in [-0.3, -0.25) is 36.8 Å². The zero-order valence-electron chi connectivity index (χ0n) is 44.9. The number of aliphatic hydroxyl groups excluding tert-OH is 1. The van der Waals surface area contributed by atoms with Crippen molar-refractivity contribution in [1.29, 1.82) is 0 Å². The fourth-order valence-corrected chi connectivity index (χ4v) is 7.63. The lowest BCUT2D eigenvalue weighted by Crippen LogP contribution is -2.46. The number of urea groups is 2. The summed E-state index contributed by atoms with van der Waals surface area (Å²) in [6.45, 7) is -0.339. The minimum Gasteiger partial charge on any atom is -0.447 e. The van der Waals surface area contributed by atoms with Crippen molar-refractivity contribution in [2.24, 2.45) is 17.4 Å². The first-order valence-corrected chi connectivity index (χ1v) is 24.9. The molecule has 0 bridgehead atoms. The summed E-state index contributed by atoms with van der Waals surface area (Å²) < 4.78 is 114. The number of hydrogen-bond donors (Lipinski definition) is 8. The maximum absolute atomic E-state index is 13.8.